The van der Waals surface area contributed by atoms with E-state index in [1.54, 1.807) is 7.05 Å². The van der Waals surface area contributed by atoms with Crippen molar-refractivity contribution < 1.29 is 9.53 Å². The zero-order valence-electron chi connectivity index (χ0n) is 15.6. The lowest BCUT2D eigenvalue weighted by atomic mass is 10.0. The van der Waals surface area contributed by atoms with Gasteiger partial charge in [-0.25, -0.2) is 0 Å². The number of hydrogen-bond donors (Lipinski definition) is 0. The van der Waals surface area contributed by atoms with E-state index in [0.29, 0.717) is 15.8 Å². The van der Waals surface area contributed by atoms with Crippen LogP contribution < -0.4 is 4.74 Å². The van der Waals surface area contributed by atoms with E-state index < -0.39 is 0 Å². The van der Waals surface area contributed by atoms with Crippen LogP contribution in [-0.2, 0) is 11.4 Å². The Morgan fingerprint density at radius 2 is 1.93 bits per heavy atom. The molecule has 3 aromatic rings. The molecule has 3 nitrogen and oxygen atoms in total. The summed E-state index contributed by atoms with van der Waals surface area (Å²) in [6.07, 6.45) is 1.90. The Hall–Kier alpha value is -2.63. The number of carbonyl (C=O) groups is 1. The summed E-state index contributed by atoms with van der Waals surface area (Å²) in [5, 5.41) is 2.15. The van der Waals surface area contributed by atoms with Crippen LogP contribution in [0.5, 0.6) is 5.75 Å². The van der Waals surface area contributed by atoms with Gasteiger partial charge in [0.1, 0.15) is 16.7 Å². The summed E-state index contributed by atoms with van der Waals surface area (Å²) in [5.74, 6) is 0.675. The first-order chi connectivity index (χ1) is 13.5. The molecule has 0 saturated carbocycles. The molecule has 140 valence electrons. The molecule has 0 aromatic heterocycles. The average molecular weight is 406 g/mol. The fraction of sp³-hybridized carbons (Fsp3) is 0.130. The number of rotatable bonds is 4. The Bertz CT molecular complexity index is 1120. The zero-order valence-corrected chi connectivity index (χ0v) is 17.3. The second kappa shape index (κ2) is 7.78. The van der Waals surface area contributed by atoms with Crippen LogP contribution in [0.25, 0.3) is 16.8 Å². The molecule has 1 saturated heterocycles. The summed E-state index contributed by atoms with van der Waals surface area (Å²) >= 11 is 6.59. The molecule has 0 N–H and O–H groups in total. The molecule has 0 spiro atoms. The van der Waals surface area contributed by atoms with E-state index in [0.717, 1.165) is 27.6 Å². The minimum atomic E-state index is -0.0763. The van der Waals surface area contributed by atoms with Gasteiger partial charge in [-0.1, -0.05) is 84.1 Å². The molecule has 1 aliphatic rings. The Labute approximate surface area is 174 Å². The lowest BCUT2D eigenvalue weighted by molar-refractivity contribution is -0.121. The van der Waals surface area contributed by atoms with Crippen molar-refractivity contribution in [2.45, 2.75) is 13.5 Å². The van der Waals surface area contributed by atoms with Gasteiger partial charge < -0.3 is 4.74 Å². The third-order valence-corrected chi connectivity index (χ3v) is 6.15. The van der Waals surface area contributed by atoms with Crippen molar-refractivity contribution in [1.82, 2.24) is 4.90 Å². The van der Waals surface area contributed by atoms with Crippen molar-refractivity contribution in [1.29, 1.82) is 0 Å². The molecule has 0 atom stereocenters. The van der Waals surface area contributed by atoms with Gasteiger partial charge >= 0.3 is 0 Å². The predicted molar refractivity (Wildman–Crippen MR) is 120 cm³/mol. The highest BCUT2D eigenvalue weighted by Gasteiger charge is 2.29. The number of thiocarbonyl (C=S) groups is 1. The van der Waals surface area contributed by atoms with E-state index in [2.05, 4.69) is 31.2 Å². The van der Waals surface area contributed by atoms with Gasteiger partial charge in [0.25, 0.3) is 5.91 Å². The monoisotopic (exact) mass is 405 g/mol. The molecule has 0 unspecified atom stereocenters. The Morgan fingerprint density at radius 3 is 2.68 bits per heavy atom. The van der Waals surface area contributed by atoms with Crippen molar-refractivity contribution in [3.05, 3.63) is 82.3 Å². The number of ether oxygens (including phenoxy) is 1. The molecule has 0 radical (unpaired) electrons. The summed E-state index contributed by atoms with van der Waals surface area (Å²) in [5.41, 5.74) is 3.21. The van der Waals surface area contributed by atoms with Crippen molar-refractivity contribution >= 4 is 51.1 Å². The molecule has 4 rings (SSSR count). The number of thioether (sulfide) groups is 1. The summed E-state index contributed by atoms with van der Waals surface area (Å²) in [4.78, 5) is 14.6. The molecular formula is C23H19NO2S2. The second-order valence-corrected chi connectivity index (χ2v) is 8.39. The van der Waals surface area contributed by atoms with Crippen LogP contribution in [0.4, 0.5) is 0 Å². The van der Waals surface area contributed by atoms with Crippen LogP contribution in [0.2, 0.25) is 0 Å². The molecule has 0 bridgehead atoms. The summed E-state index contributed by atoms with van der Waals surface area (Å²) in [7, 11) is 1.71. The molecule has 28 heavy (non-hydrogen) atoms. The van der Waals surface area contributed by atoms with Gasteiger partial charge in [0.05, 0.1) is 4.91 Å². The van der Waals surface area contributed by atoms with E-state index in [4.69, 9.17) is 17.0 Å². The molecule has 1 amide bonds. The average Bonchev–Trinajstić information content (AvgIpc) is 2.94. The van der Waals surface area contributed by atoms with Gasteiger partial charge in [0.15, 0.2) is 0 Å². The van der Waals surface area contributed by atoms with Gasteiger partial charge in [-0.05, 0) is 35.4 Å². The number of benzene rings is 3. The number of fused-ring (bicyclic) bond motifs is 1. The van der Waals surface area contributed by atoms with E-state index in [9.17, 15) is 4.79 Å². The maximum absolute atomic E-state index is 12.5. The largest absolute Gasteiger partial charge is 0.488 e. The maximum Gasteiger partial charge on any atom is 0.265 e. The van der Waals surface area contributed by atoms with E-state index >= 15 is 0 Å². The molecule has 1 heterocycles. The number of hydrogen-bond acceptors (Lipinski definition) is 4. The van der Waals surface area contributed by atoms with Crippen LogP contribution in [0, 0.1) is 6.92 Å². The number of aryl methyl sites for hydroxylation is 1. The normalized spacial score (nSPS) is 15.6. The number of nitrogens with zero attached hydrogens (tertiary/aromatic N) is 1. The van der Waals surface area contributed by atoms with E-state index in [1.807, 2.05) is 42.5 Å². The molecule has 1 aliphatic heterocycles. The molecule has 3 aromatic carbocycles. The van der Waals surface area contributed by atoms with Crippen LogP contribution in [0.1, 0.15) is 16.7 Å². The minimum absolute atomic E-state index is 0.0763. The third-order valence-electron chi connectivity index (χ3n) is 4.67. The highest BCUT2D eigenvalue weighted by Crippen LogP contribution is 2.36. The quantitative estimate of drug-likeness (QED) is 0.420. The minimum Gasteiger partial charge on any atom is -0.488 e. The van der Waals surface area contributed by atoms with Crippen molar-refractivity contribution in [2.24, 2.45) is 0 Å². The van der Waals surface area contributed by atoms with Crippen LogP contribution >= 0.6 is 24.0 Å². The van der Waals surface area contributed by atoms with E-state index in [-0.39, 0.29) is 5.91 Å². The number of carbonyl (C=O) groups excluding carboxylic acids is 1. The van der Waals surface area contributed by atoms with Crippen LogP contribution in [-0.4, -0.2) is 22.2 Å². The second-order valence-electron chi connectivity index (χ2n) is 6.72. The topological polar surface area (TPSA) is 29.5 Å². The van der Waals surface area contributed by atoms with Crippen molar-refractivity contribution in [3.8, 4) is 5.75 Å². The first kappa shape index (κ1) is 18.7. The van der Waals surface area contributed by atoms with Gasteiger partial charge in [-0.15, -0.1) is 0 Å². The number of amides is 1. The molecular weight excluding hydrogens is 386 g/mol. The molecule has 5 heteroatoms. The van der Waals surface area contributed by atoms with Gasteiger partial charge in [0.2, 0.25) is 0 Å². The number of likely N-dealkylation sites (N-methyl/N-ethyl adjacent to an activating group) is 1. The van der Waals surface area contributed by atoms with Crippen LogP contribution in [0.15, 0.2) is 65.6 Å². The zero-order chi connectivity index (χ0) is 19.7. The summed E-state index contributed by atoms with van der Waals surface area (Å²) in [6, 6.07) is 20.4. The highest BCUT2D eigenvalue weighted by molar-refractivity contribution is 8.26. The Balaban J connectivity index is 1.75. The molecule has 1 fully saturated rings. The summed E-state index contributed by atoms with van der Waals surface area (Å²) in [6.45, 7) is 2.54. The first-order valence-corrected chi connectivity index (χ1v) is 10.2. The van der Waals surface area contributed by atoms with Crippen LogP contribution in [0.3, 0.4) is 0 Å². The lowest BCUT2D eigenvalue weighted by Gasteiger charge is -2.13. The Kier molecular flexibility index (Phi) is 5.20. The van der Waals surface area contributed by atoms with E-state index in [1.165, 1.54) is 22.2 Å². The smallest absolute Gasteiger partial charge is 0.265 e. The third kappa shape index (κ3) is 3.68. The SMILES string of the molecule is Cc1cccc(COc2ccc3ccccc3c2/C=C2/SC(=S)N(C)C2=O)c1. The first-order valence-electron chi connectivity index (χ1n) is 8.94. The Morgan fingerprint density at radius 1 is 1.11 bits per heavy atom. The van der Waals surface area contributed by atoms with Crippen molar-refractivity contribution in [3.63, 3.8) is 0 Å². The van der Waals surface area contributed by atoms with Gasteiger partial charge in [-0.2, -0.15) is 0 Å². The fourth-order valence-corrected chi connectivity index (χ4v) is 4.35. The summed E-state index contributed by atoms with van der Waals surface area (Å²) < 4.78 is 6.74. The maximum atomic E-state index is 12.5. The predicted octanol–water partition coefficient (Wildman–Crippen LogP) is 5.56. The standard InChI is InChI=1S/C23H19NO2S2/c1-15-6-5-7-16(12-15)14-26-20-11-10-17-8-3-4-9-18(17)19(20)13-21-22(25)24(2)23(27)28-21/h3-13H,14H2,1-2H3/b21-13+. The molecule has 0 aliphatic carbocycles. The van der Waals surface area contributed by atoms with Gasteiger partial charge in [0, 0.05) is 12.6 Å². The highest BCUT2D eigenvalue weighted by atomic mass is 32.2. The lowest BCUT2D eigenvalue weighted by Crippen LogP contribution is -2.22. The van der Waals surface area contributed by atoms with Gasteiger partial charge in [-0.3, -0.25) is 9.69 Å². The van der Waals surface area contributed by atoms with Crippen molar-refractivity contribution in [2.75, 3.05) is 7.05 Å². The fourth-order valence-electron chi connectivity index (χ4n) is 3.19.